The number of aryl methyl sites for hydroxylation is 1. The van der Waals surface area contributed by atoms with Crippen molar-refractivity contribution in [2.45, 2.75) is 25.9 Å². The zero-order valence-corrected chi connectivity index (χ0v) is 12.5. The molecule has 19 heavy (non-hydrogen) atoms. The largest absolute Gasteiger partial charge is 0.308 e. The molecule has 0 spiro atoms. The summed E-state index contributed by atoms with van der Waals surface area (Å²) in [5.41, 5.74) is 1.43. The number of rotatable bonds is 5. The van der Waals surface area contributed by atoms with Crippen molar-refractivity contribution >= 4 is 15.9 Å². The van der Waals surface area contributed by atoms with Crippen molar-refractivity contribution in [1.29, 1.82) is 0 Å². The maximum atomic E-state index is 14.1. The third-order valence-electron chi connectivity index (χ3n) is 2.96. The second-order valence-corrected chi connectivity index (χ2v) is 5.09. The minimum Gasteiger partial charge on any atom is -0.308 e. The Balaban J connectivity index is 2.47. The van der Waals surface area contributed by atoms with Gasteiger partial charge in [0.2, 0.25) is 0 Å². The summed E-state index contributed by atoms with van der Waals surface area (Å²) >= 11 is 3.41. The van der Waals surface area contributed by atoms with Crippen LogP contribution in [0.4, 0.5) is 4.39 Å². The standard InChI is InChI=1S/C13H16BrFN4/c1-3-7-19-11(8-17-18-19)13(16-2)12-9(14)5-4-6-10(12)15/h4-6,8,13,16H,3,7H2,1-2H3. The normalized spacial score (nSPS) is 12.6. The second-order valence-electron chi connectivity index (χ2n) is 4.24. The van der Waals surface area contributed by atoms with Crippen LogP contribution in [0.5, 0.6) is 0 Å². The molecule has 1 N–H and O–H groups in total. The lowest BCUT2D eigenvalue weighted by atomic mass is 10.0. The van der Waals surface area contributed by atoms with E-state index in [1.54, 1.807) is 24.0 Å². The third kappa shape index (κ3) is 2.84. The second kappa shape index (κ2) is 6.25. The first kappa shape index (κ1) is 14.1. The average Bonchev–Trinajstić information content (AvgIpc) is 2.83. The highest BCUT2D eigenvalue weighted by atomic mass is 79.9. The van der Waals surface area contributed by atoms with Gasteiger partial charge in [0.15, 0.2) is 0 Å². The molecule has 1 heterocycles. The fourth-order valence-electron chi connectivity index (χ4n) is 2.10. The van der Waals surface area contributed by atoms with Crippen LogP contribution in [-0.2, 0) is 6.54 Å². The minimum absolute atomic E-state index is 0.252. The lowest BCUT2D eigenvalue weighted by Crippen LogP contribution is -2.23. The summed E-state index contributed by atoms with van der Waals surface area (Å²) in [4.78, 5) is 0. The van der Waals surface area contributed by atoms with Crippen LogP contribution in [0, 0.1) is 5.82 Å². The Morgan fingerprint density at radius 3 is 2.89 bits per heavy atom. The molecule has 0 saturated carbocycles. The molecule has 0 bridgehead atoms. The van der Waals surface area contributed by atoms with Crippen molar-refractivity contribution in [1.82, 2.24) is 20.3 Å². The highest BCUT2D eigenvalue weighted by molar-refractivity contribution is 9.10. The number of hydrogen-bond donors (Lipinski definition) is 1. The molecule has 1 unspecified atom stereocenters. The lowest BCUT2D eigenvalue weighted by Gasteiger charge is -2.19. The highest BCUT2D eigenvalue weighted by Crippen LogP contribution is 2.30. The molecule has 0 amide bonds. The maximum absolute atomic E-state index is 14.1. The Morgan fingerprint density at radius 1 is 1.47 bits per heavy atom. The molecule has 102 valence electrons. The zero-order chi connectivity index (χ0) is 13.8. The van der Waals surface area contributed by atoms with Gasteiger partial charge in [0.25, 0.3) is 0 Å². The van der Waals surface area contributed by atoms with Crippen molar-refractivity contribution < 1.29 is 4.39 Å². The Kier molecular flexibility index (Phi) is 4.66. The molecular weight excluding hydrogens is 311 g/mol. The van der Waals surface area contributed by atoms with Gasteiger partial charge in [-0.1, -0.05) is 34.1 Å². The van der Waals surface area contributed by atoms with Crippen LogP contribution < -0.4 is 5.32 Å². The molecule has 0 saturated heterocycles. The highest BCUT2D eigenvalue weighted by Gasteiger charge is 2.22. The number of benzene rings is 1. The summed E-state index contributed by atoms with van der Waals surface area (Å²) in [6.07, 6.45) is 2.63. The Labute approximate surface area is 120 Å². The fourth-order valence-corrected chi connectivity index (χ4v) is 2.67. The van der Waals surface area contributed by atoms with E-state index in [4.69, 9.17) is 0 Å². The van der Waals surface area contributed by atoms with Gasteiger partial charge in [-0.2, -0.15) is 0 Å². The van der Waals surface area contributed by atoms with E-state index >= 15 is 0 Å². The summed E-state index contributed by atoms with van der Waals surface area (Å²) in [5.74, 6) is -0.252. The van der Waals surface area contributed by atoms with E-state index in [9.17, 15) is 4.39 Å². The van der Waals surface area contributed by atoms with Gasteiger partial charge >= 0.3 is 0 Å². The molecule has 0 aliphatic heterocycles. The van der Waals surface area contributed by atoms with Gasteiger partial charge in [-0.3, -0.25) is 0 Å². The van der Waals surface area contributed by atoms with Crippen LogP contribution in [-0.4, -0.2) is 22.0 Å². The van der Waals surface area contributed by atoms with Gasteiger partial charge in [-0.05, 0) is 25.6 Å². The summed E-state index contributed by atoms with van der Waals surface area (Å²) in [7, 11) is 1.80. The first-order chi connectivity index (χ1) is 9.19. The van der Waals surface area contributed by atoms with E-state index in [2.05, 4.69) is 38.5 Å². The zero-order valence-electron chi connectivity index (χ0n) is 10.9. The van der Waals surface area contributed by atoms with Crippen molar-refractivity contribution in [3.8, 4) is 0 Å². The Hall–Kier alpha value is -1.27. The summed E-state index contributed by atoms with van der Waals surface area (Å²) < 4.78 is 16.6. The number of nitrogens with zero attached hydrogens (tertiary/aromatic N) is 3. The molecule has 0 aliphatic carbocycles. The first-order valence-corrected chi connectivity index (χ1v) is 6.97. The Morgan fingerprint density at radius 2 is 2.26 bits per heavy atom. The third-order valence-corrected chi connectivity index (χ3v) is 3.65. The van der Waals surface area contributed by atoms with Crippen LogP contribution in [0.3, 0.4) is 0 Å². The monoisotopic (exact) mass is 326 g/mol. The number of halogens is 2. The van der Waals surface area contributed by atoms with Crippen LogP contribution >= 0.6 is 15.9 Å². The molecule has 1 aromatic carbocycles. The Bertz CT molecular complexity index is 535. The van der Waals surface area contributed by atoms with Gasteiger partial charge in [-0.25, -0.2) is 9.07 Å². The van der Waals surface area contributed by atoms with Gasteiger partial charge in [0.05, 0.1) is 17.9 Å². The van der Waals surface area contributed by atoms with E-state index in [0.29, 0.717) is 5.56 Å². The molecule has 1 atom stereocenters. The van der Waals surface area contributed by atoms with Gasteiger partial charge < -0.3 is 5.32 Å². The topological polar surface area (TPSA) is 42.7 Å². The van der Waals surface area contributed by atoms with Gasteiger partial charge in [-0.15, -0.1) is 5.10 Å². The van der Waals surface area contributed by atoms with Crippen LogP contribution in [0.2, 0.25) is 0 Å². The molecular formula is C13H16BrFN4. The molecule has 1 aromatic heterocycles. The van der Waals surface area contributed by atoms with Gasteiger partial charge in [0, 0.05) is 16.6 Å². The van der Waals surface area contributed by atoms with E-state index < -0.39 is 0 Å². The van der Waals surface area contributed by atoms with Crippen molar-refractivity contribution in [2.24, 2.45) is 0 Å². The predicted octanol–water partition coefficient (Wildman–Crippen LogP) is 2.90. The quantitative estimate of drug-likeness (QED) is 0.918. The molecule has 0 aliphatic rings. The first-order valence-electron chi connectivity index (χ1n) is 6.18. The van der Waals surface area contributed by atoms with E-state index in [-0.39, 0.29) is 11.9 Å². The molecule has 0 fully saturated rings. The molecule has 4 nitrogen and oxygen atoms in total. The number of aromatic nitrogens is 3. The van der Waals surface area contributed by atoms with Crippen molar-refractivity contribution in [3.63, 3.8) is 0 Å². The molecule has 0 radical (unpaired) electrons. The molecule has 2 aromatic rings. The SMILES string of the molecule is CCCn1nncc1C(NC)c1c(F)cccc1Br. The summed E-state index contributed by atoms with van der Waals surface area (Å²) in [6, 6.07) is 4.68. The maximum Gasteiger partial charge on any atom is 0.129 e. The number of nitrogens with one attached hydrogen (secondary N) is 1. The number of hydrogen-bond acceptors (Lipinski definition) is 3. The van der Waals surface area contributed by atoms with Crippen LogP contribution in [0.1, 0.15) is 30.6 Å². The van der Waals surface area contributed by atoms with Crippen molar-refractivity contribution in [3.05, 3.63) is 45.9 Å². The van der Waals surface area contributed by atoms with E-state index in [1.165, 1.54) is 6.07 Å². The summed E-state index contributed by atoms with van der Waals surface area (Å²) in [6.45, 7) is 2.83. The lowest BCUT2D eigenvalue weighted by molar-refractivity contribution is 0.507. The predicted molar refractivity (Wildman–Crippen MR) is 75.3 cm³/mol. The average molecular weight is 327 g/mol. The molecule has 6 heteroatoms. The summed E-state index contributed by atoms with van der Waals surface area (Å²) in [5, 5.41) is 11.1. The van der Waals surface area contributed by atoms with Gasteiger partial charge in [0.1, 0.15) is 5.82 Å². The van der Waals surface area contributed by atoms with E-state index in [0.717, 1.165) is 23.1 Å². The smallest absolute Gasteiger partial charge is 0.129 e. The van der Waals surface area contributed by atoms with E-state index in [1.807, 2.05) is 6.07 Å². The fraction of sp³-hybridized carbons (Fsp3) is 0.385. The van der Waals surface area contributed by atoms with Crippen LogP contribution in [0.25, 0.3) is 0 Å². The van der Waals surface area contributed by atoms with Crippen LogP contribution in [0.15, 0.2) is 28.9 Å². The minimum atomic E-state index is -0.280. The van der Waals surface area contributed by atoms with Crippen molar-refractivity contribution in [2.75, 3.05) is 7.05 Å². The molecule has 2 rings (SSSR count).